The van der Waals surface area contributed by atoms with E-state index >= 15 is 0 Å². The highest BCUT2D eigenvalue weighted by Crippen LogP contribution is 2.24. The van der Waals surface area contributed by atoms with Crippen molar-refractivity contribution in [2.24, 2.45) is 0 Å². The highest BCUT2D eigenvalue weighted by atomic mass is 35.5. The molecule has 3 rings (SSSR count). The van der Waals surface area contributed by atoms with Crippen molar-refractivity contribution in [3.63, 3.8) is 0 Å². The molecule has 28 heavy (non-hydrogen) atoms. The van der Waals surface area contributed by atoms with Gasteiger partial charge in [-0.05, 0) is 42.1 Å². The summed E-state index contributed by atoms with van der Waals surface area (Å²) >= 11 is 7.63. The number of hydrogen-bond donors (Lipinski definition) is 1. The monoisotopic (exact) mass is 411 g/mol. The summed E-state index contributed by atoms with van der Waals surface area (Å²) in [6.45, 7) is 1.88. The van der Waals surface area contributed by atoms with Crippen molar-refractivity contribution >= 4 is 46.6 Å². The van der Waals surface area contributed by atoms with Crippen LogP contribution in [0.1, 0.15) is 22.1 Å². The van der Waals surface area contributed by atoms with Gasteiger partial charge >= 0.3 is 5.97 Å². The average molecular weight is 412 g/mol. The molecule has 0 bridgehead atoms. The number of carbonyl (C=O) groups excluding carboxylic acids is 2. The Balaban J connectivity index is 1.77. The third-order valence-electron chi connectivity index (χ3n) is 3.94. The van der Waals surface area contributed by atoms with E-state index in [9.17, 15) is 9.59 Å². The van der Waals surface area contributed by atoms with E-state index in [0.29, 0.717) is 16.3 Å². The third kappa shape index (κ3) is 5.31. The smallest absolute Gasteiger partial charge is 0.331 e. The molecule has 0 radical (unpaired) electrons. The minimum Gasteiger partial charge on any atom is -0.444 e. The fourth-order valence-corrected chi connectivity index (χ4v) is 3.27. The third-order valence-corrected chi connectivity index (χ3v) is 5.19. The van der Waals surface area contributed by atoms with E-state index < -0.39 is 18.0 Å². The van der Waals surface area contributed by atoms with Gasteiger partial charge in [0.1, 0.15) is 0 Å². The molecule has 0 saturated carbocycles. The van der Waals surface area contributed by atoms with Crippen LogP contribution in [-0.4, -0.2) is 11.9 Å². The molecule has 0 saturated heterocycles. The number of hydrogen-bond acceptors (Lipinski definition) is 4. The lowest BCUT2D eigenvalue weighted by Gasteiger charge is -2.17. The molecule has 2 aromatic carbocycles. The molecular weight excluding hydrogens is 394 g/mol. The maximum absolute atomic E-state index is 12.8. The lowest BCUT2D eigenvalue weighted by atomic mass is 10.1. The number of halogens is 1. The predicted molar refractivity (Wildman–Crippen MR) is 113 cm³/mol. The molecule has 142 valence electrons. The summed E-state index contributed by atoms with van der Waals surface area (Å²) < 4.78 is 5.46. The van der Waals surface area contributed by atoms with Crippen molar-refractivity contribution < 1.29 is 14.3 Å². The first-order valence-corrected chi connectivity index (χ1v) is 9.83. The summed E-state index contributed by atoms with van der Waals surface area (Å²) in [5, 5.41) is 5.22. The second kappa shape index (κ2) is 9.35. The van der Waals surface area contributed by atoms with Crippen LogP contribution < -0.4 is 5.32 Å². The second-order valence-corrected chi connectivity index (χ2v) is 7.42. The van der Waals surface area contributed by atoms with Gasteiger partial charge in [-0.15, -0.1) is 11.3 Å². The van der Waals surface area contributed by atoms with Gasteiger partial charge in [0.15, 0.2) is 0 Å². The van der Waals surface area contributed by atoms with Gasteiger partial charge in [-0.2, -0.15) is 0 Å². The molecule has 0 unspecified atom stereocenters. The van der Waals surface area contributed by atoms with Gasteiger partial charge in [0, 0.05) is 27.2 Å². The lowest BCUT2D eigenvalue weighted by molar-refractivity contribution is -0.149. The van der Waals surface area contributed by atoms with Gasteiger partial charge < -0.3 is 10.1 Å². The number of ether oxygens (including phenoxy) is 1. The number of nitrogens with one attached hydrogen (secondary N) is 1. The fourth-order valence-electron chi connectivity index (χ4n) is 2.47. The number of amides is 1. The van der Waals surface area contributed by atoms with Gasteiger partial charge in [0.25, 0.3) is 5.91 Å². The highest BCUT2D eigenvalue weighted by Gasteiger charge is 2.24. The molecule has 1 amide bonds. The number of esters is 1. The summed E-state index contributed by atoms with van der Waals surface area (Å²) in [7, 11) is 0. The number of thiophene rings is 1. The molecule has 1 atom stereocenters. The Morgan fingerprint density at radius 3 is 2.57 bits per heavy atom. The van der Waals surface area contributed by atoms with Gasteiger partial charge in [-0.1, -0.05) is 54.1 Å². The Morgan fingerprint density at radius 2 is 1.89 bits per heavy atom. The Labute approximate surface area is 172 Å². The topological polar surface area (TPSA) is 55.4 Å². The SMILES string of the molecule is Cc1ccc(NC(=O)[C@@H](OC(=O)/C=C/c2cccs2)c2ccccc2)cc1Cl. The van der Waals surface area contributed by atoms with E-state index in [4.69, 9.17) is 16.3 Å². The van der Waals surface area contributed by atoms with Gasteiger partial charge in [0.2, 0.25) is 6.10 Å². The van der Waals surface area contributed by atoms with Crippen molar-refractivity contribution in [2.75, 3.05) is 5.32 Å². The van der Waals surface area contributed by atoms with Crippen LogP contribution >= 0.6 is 22.9 Å². The standard InChI is InChI=1S/C22H18ClNO3S/c1-15-9-10-17(14-19(15)23)24-22(26)21(16-6-3-2-4-7-16)27-20(25)12-11-18-8-5-13-28-18/h2-14,21H,1H3,(H,24,26)/b12-11+/t21-/m0/s1. The lowest BCUT2D eigenvalue weighted by Crippen LogP contribution is -2.25. The van der Waals surface area contributed by atoms with Crippen LogP contribution in [0.15, 0.2) is 72.1 Å². The highest BCUT2D eigenvalue weighted by molar-refractivity contribution is 7.10. The quantitative estimate of drug-likeness (QED) is 0.421. The molecule has 1 heterocycles. The van der Waals surface area contributed by atoms with Crippen LogP contribution in [0.25, 0.3) is 6.08 Å². The van der Waals surface area contributed by atoms with Crippen molar-refractivity contribution in [1.29, 1.82) is 0 Å². The first kappa shape index (κ1) is 19.9. The first-order chi connectivity index (χ1) is 13.5. The van der Waals surface area contributed by atoms with Crippen LogP contribution in [0.3, 0.4) is 0 Å². The van der Waals surface area contributed by atoms with Gasteiger partial charge in [0.05, 0.1) is 0 Å². The van der Waals surface area contributed by atoms with E-state index in [-0.39, 0.29) is 0 Å². The predicted octanol–water partition coefficient (Wildman–Crippen LogP) is 5.65. The van der Waals surface area contributed by atoms with Gasteiger partial charge in [-0.25, -0.2) is 4.79 Å². The number of carbonyl (C=O) groups is 2. The van der Waals surface area contributed by atoms with Crippen LogP contribution in [0.4, 0.5) is 5.69 Å². The molecule has 0 aliphatic heterocycles. The van der Waals surface area contributed by atoms with Crippen LogP contribution in [-0.2, 0) is 14.3 Å². The molecule has 1 N–H and O–H groups in total. The molecule has 0 fully saturated rings. The van der Waals surface area contributed by atoms with Crippen molar-refractivity contribution in [3.05, 3.63) is 93.1 Å². The summed E-state index contributed by atoms with van der Waals surface area (Å²) in [6, 6.07) is 17.9. The van der Waals surface area contributed by atoms with Crippen molar-refractivity contribution in [2.45, 2.75) is 13.0 Å². The van der Waals surface area contributed by atoms with Crippen LogP contribution in [0.5, 0.6) is 0 Å². The summed E-state index contributed by atoms with van der Waals surface area (Å²) in [4.78, 5) is 26.0. The van der Waals surface area contributed by atoms with E-state index in [2.05, 4.69) is 5.32 Å². The fraction of sp³-hybridized carbons (Fsp3) is 0.0909. The molecule has 3 aromatic rings. The molecule has 0 aliphatic rings. The summed E-state index contributed by atoms with van der Waals surface area (Å²) in [5.41, 5.74) is 2.02. The molecule has 4 nitrogen and oxygen atoms in total. The van der Waals surface area contributed by atoms with E-state index in [1.807, 2.05) is 36.6 Å². The van der Waals surface area contributed by atoms with E-state index in [1.165, 1.54) is 17.4 Å². The number of rotatable bonds is 6. The maximum atomic E-state index is 12.8. The average Bonchev–Trinajstić information content (AvgIpc) is 3.21. The van der Waals surface area contributed by atoms with Crippen molar-refractivity contribution in [1.82, 2.24) is 0 Å². The zero-order chi connectivity index (χ0) is 19.9. The van der Waals surface area contributed by atoms with Crippen LogP contribution in [0, 0.1) is 6.92 Å². The zero-order valence-corrected chi connectivity index (χ0v) is 16.7. The normalized spacial score (nSPS) is 11.9. The zero-order valence-electron chi connectivity index (χ0n) is 15.1. The Morgan fingerprint density at radius 1 is 1.11 bits per heavy atom. The number of anilines is 1. The van der Waals surface area contributed by atoms with E-state index in [1.54, 1.807) is 42.5 Å². The van der Waals surface area contributed by atoms with Crippen molar-refractivity contribution in [3.8, 4) is 0 Å². The molecule has 0 spiro atoms. The molecule has 1 aromatic heterocycles. The molecule has 6 heteroatoms. The van der Waals surface area contributed by atoms with Gasteiger partial charge in [-0.3, -0.25) is 4.79 Å². The summed E-state index contributed by atoms with van der Waals surface area (Å²) in [5.74, 6) is -1.05. The summed E-state index contributed by atoms with van der Waals surface area (Å²) in [6.07, 6.45) is 1.89. The second-order valence-electron chi connectivity index (χ2n) is 6.03. The number of benzene rings is 2. The Hall–Kier alpha value is -2.89. The Bertz CT molecular complexity index is 984. The molecule has 0 aliphatic carbocycles. The van der Waals surface area contributed by atoms with E-state index in [0.717, 1.165) is 10.4 Å². The Kier molecular flexibility index (Phi) is 6.63. The largest absolute Gasteiger partial charge is 0.444 e. The molecular formula is C22H18ClNO3S. The minimum atomic E-state index is -1.08. The van der Waals surface area contributed by atoms with Crippen LogP contribution in [0.2, 0.25) is 5.02 Å². The maximum Gasteiger partial charge on any atom is 0.331 e. The minimum absolute atomic E-state index is 0.455. The number of aryl methyl sites for hydroxylation is 1. The first-order valence-electron chi connectivity index (χ1n) is 8.57.